The van der Waals surface area contributed by atoms with Crippen molar-refractivity contribution in [1.82, 2.24) is 10.2 Å². The predicted molar refractivity (Wildman–Crippen MR) is 115 cm³/mol. The zero-order valence-electron chi connectivity index (χ0n) is 15.6. The van der Waals surface area contributed by atoms with Gasteiger partial charge in [-0.15, -0.1) is 24.0 Å². The molecular weight excluding hydrogens is 484 g/mol. The van der Waals surface area contributed by atoms with E-state index in [4.69, 9.17) is 16.3 Å². The minimum absolute atomic E-state index is 0. The lowest BCUT2D eigenvalue weighted by molar-refractivity contribution is -0.149. The summed E-state index contributed by atoms with van der Waals surface area (Å²) in [6, 6.07) is 4.93. The van der Waals surface area contributed by atoms with Crippen LogP contribution in [0.4, 0.5) is 4.39 Å². The van der Waals surface area contributed by atoms with Gasteiger partial charge >= 0.3 is 5.97 Å². The fraction of sp³-hybridized carbons (Fsp3) is 0.579. The van der Waals surface area contributed by atoms with Gasteiger partial charge in [0.05, 0.1) is 12.5 Å². The van der Waals surface area contributed by atoms with Crippen LogP contribution in [0.2, 0.25) is 5.02 Å². The summed E-state index contributed by atoms with van der Waals surface area (Å²) in [7, 11) is 1.74. The summed E-state index contributed by atoms with van der Waals surface area (Å²) in [4.78, 5) is 18.4. The summed E-state index contributed by atoms with van der Waals surface area (Å²) in [5, 5.41) is 3.89. The number of nitrogens with zero attached hydrogens (tertiary/aromatic N) is 2. The van der Waals surface area contributed by atoms with Crippen molar-refractivity contribution in [2.45, 2.75) is 38.1 Å². The smallest absolute Gasteiger partial charge is 0.309 e. The maximum Gasteiger partial charge on any atom is 0.309 e. The lowest BCUT2D eigenvalue weighted by Crippen LogP contribution is -2.47. The molecule has 5 nitrogen and oxygen atoms in total. The molecule has 1 heterocycles. The summed E-state index contributed by atoms with van der Waals surface area (Å²) in [6.07, 6.45) is 2.35. The molecule has 1 saturated heterocycles. The van der Waals surface area contributed by atoms with Crippen molar-refractivity contribution in [2.75, 3.05) is 26.7 Å². The van der Waals surface area contributed by atoms with E-state index in [9.17, 15) is 9.18 Å². The Bertz CT molecular complexity index is 675. The van der Waals surface area contributed by atoms with Crippen molar-refractivity contribution in [3.8, 4) is 0 Å². The Morgan fingerprint density at radius 1 is 1.41 bits per heavy atom. The molecule has 0 aromatic heterocycles. The fourth-order valence-corrected chi connectivity index (χ4v) is 3.89. The number of hydrogen-bond donors (Lipinski definition) is 1. The molecule has 0 amide bonds. The highest BCUT2D eigenvalue weighted by Gasteiger charge is 2.42. The monoisotopic (exact) mass is 509 g/mol. The molecule has 2 aliphatic rings. The van der Waals surface area contributed by atoms with E-state index in [1.807, 2.05) is 6.92 Å². The summed E-state index contributed by atoms with van der Waals surface area (Å²) in [5.74, 6) is 0.476. The van der Waals surface area contributed by atoms with E-state index < -0.39 is 0 Å². The van der Waals surface area contributed by atoms with Crippen LogP contribution in [0.15, 0.2) is 23.2 Å². The van der Waals surface area contributed by atoms with Crippen LogP contribution in [0.1, 0.15) is 37.7 Å². The van der Waals surface area contributed by atoms with Crippen LogP contribution in [0.25, 0.3) is 0 Å². The molecule has 0 spiro atoms. The average molecular weight is 510 g/mol. The van der Waals surface area contributed by atoms with Gasteiger partial charge in [-0.1, -0.05) is 17.7 Å². The normalized spacial score (nSPS) is 22.8. The number of guanidine groups is 1. The number of carbonyl (C=O) groups is 1. The van der Waals surface area contributed by atoms with Crippen LogP contribution in [0.3, 0.4) is 0 Å². The maximum atomic E-state index is 14.1. The first-order chi connectivity index (χ1) is 12.5. The first-order valence-corrected chi connectivity index (χ1v) is 9.51. The molecule has 1 aliphatic carbocycles. The van der Waals surface area contributed by atoms with Gasteiger partial charge in [0.15, 0.2) is 5.96 Å². The highest BCUT2D eigenvalue weighted by Crippen LogP contribution is 2.45. The van der Waals surface area contributed by atoms with Gasteiger partial charge in [0, 0.05) is 42.7 Å². The molecular formula is C19H26ClFIN3O2. The van der Waals surface area contributed by atoms with E-state index in [-0.39, 0.29) is 53.6 Å². The third-order valence-corrected chi connectivity index (χ3v) is 5.43. The van der Waals surface area contributed by atoms with Crippen LogP contribution in [0.5, 0.6) is 0 Å². The van der Waals surface area contributed by atoms with Gasteiger partial charge in [-0.2, -0.15) is 0 Å². The molecule has 2 unspecified atom stereocenters. The number of ether oxygens (including phenoxy) is 1. The second kappa shape index (κ2) is 9.91. The van der Waals surface area contributed by atoms with E-state index >= 15 is 0 Å². The van der Waals surface area contributed by atoms with E-state index in [1.165, 1.54) is 6.07 Å². The number of carbonyl (C=O) groups excluding carboxylic acids is 1. The van der Waals surface area contributed by atoms with Crippen LogP contribution >= 0.6 is 35.6 Å². The zero-order chi connectivity index (χ0) is 18.7. The second-order valence-corrected chi connectivity index (χ2v) is 7.20. The Morgan fingerprint density at radius 2 is 2.11 bits per heavy atom. The number of rotatable bonds is 4. The molecule has 1 aliphatic heterocycles. The Balaban J connectivity index is 0.00000261. The third-order valence-electron chi connectivity index (χ3n) is 5.10. The number of hydrogen-bond acceptors (Lipinski definition) is 3. The first-order valence-electron chi connectivity index (χ1n) is 9.14. The zero-order valence-corrected chi connectivity index (χ0v) is 18.7. The van der Waals surface area contributed by atoms with Crippen molar-refractivity contribution in [3.63, 3.8) is 0 Å². The molecule has 2 atom stereocenters. The number of piperidine rings is 1. The number of esters is 1. The lowest BCUT2D eigenvalue weighted by atomic mass is 9.97. The topological polar surface area (TPSA) is 53.9 Å². The van der Waals surface area contributed by atoms with Gasteiger partial charge in [0.25, 0.3) is 0 Å². The highest BCUT2D eigenvalue weighted by atomic mass is 127. The quantitative estimate of drug-likeness (QED) is 0.290. The van der Waals surface area contributed by atoms with Gasteiger partial charge in [0.2, 0.25) is 0 Å². The van der Waals surface area contributed by atoms with Crippen LogP contribution in [0, 0.1) is 11.7 Å². The van der Waals surface area contributed by atoms with Gasteiger partial charge in [-0.05, 0) is 38.3 Å². The number of aliphatic imine (C=N–C) groups is 1. The van der Waals surface area contributed by atoms with Crippen LogP contribution in [-0.2, 0) is 9.53 Å². The minimum Gasteiger partial charge on any atom is -0.466 e. The largest absolute Gasteiger partial charge is 0.466 e. The Labute approximate surface area is 181 Å². The van der Waals surface area contributed by atoms with Gasteiger partial charge in [-0.25, -0.2) is 4.39 Å². The van der Waals surface area contributed by atoms with Crippen LogP contribution in [-0.4, -0.2) is 49.6 Å². The summed E-state index contributed by atoms with van der Waals surface area (Å²) < 4.78 is 19.2. The molecule has 8 heteroatoms. The maximum absolute atomic E-state index is 14.1. The number of benzene rings is 1. The SMILES string of the molecule is CCOC(=O)C1CCN(C(=NC)NC2CC2c2c(F)cccc2Cl)CC1.I. The number of nitrogens with one attached hydrogen (secondary N) is 1. The van der Waals surface area contributed by atoms with E-state index in [2.05, 4.69) is 15.2 Å². The van der Waals surface area contributed by atoms with Crippen molar-refractivity contribution in [1.29, 1.82) is 0 Å². The first kappa shape index (κ1) is 22.2. The van der Waals surface area contributed by atoms with E-state index in [0.29, 0.717) is 17.2 Å². The summed E-state index contributed by atoms with van der Waals surface area (Å²) in [5.41, 5.74) is 0.586. The molecule has 0 bridgehead atoms. The van der Waals surface area contributed by atoms with Gasteiger partial charge in [0.1, 0.15) is 5.82 Å². The predicted octanol–water partition coefficient (Wildman–Crippen LogP) is 3.80. The lowest BCUT2D eigenvalue weighted by Gasteiger charge is -2.33. The highest BCUT2D eigenvalue weighted by molar-refractivity contribution is 14.0. The summed E-state index contributed by atoms with van der Waals surface area (Å²) in [6.45, 7) is 3.75. The van der Waals surface area contributed by atoms with Crippen LogP contribution < -0.4 is 5.32 Å². The molecule has 1 aromatic carbocycles. The molecule has 27 heavy (non-hydrogen) atoms. The van der Waals surface area contributed by atoms with Crippen molar-refractivity contribution >= 4 is 47.5 Å². The van der Waals surface area contributed by atoms with Gasteiger partial charge < -0.3 is 15.0 Å². The number of likely N-dealkylation sites (tertiary alicyclic amines) is 1. The molecule has 3 rings (SSSR count). The van der Waals surface area contributed by atoms with Crippen molar-refractivity contribution in [3.05, 3.63) is 34.6 Å². The standard InChI is InChI=1S/C19H25ClFN3O2.HI/c1-3-26-18(25)12-7-9-24(10-8-12)19(22-2)23-16-11-13(16)17-14(20)5-4-6-15(17)21;/h4-6,12-13,16H,3,7-11H2,1-2H3,(H,22,23);1H. The minimum atomic E-state index is -0.253. The average Bonchev–Trinajstić information content (AvgIpc) is 3.38. The van der Waals surface area contributed by atoms with Gasteiger partial charge in [-0.3, -0.25) is 9.79 Å². The third kappa shape index (κ3) is 5.25. The van der Waals surface area contributed by atoms with Crippen molar-refractivity contribution < 1.29 is 13.9 Å². The molecule has 1 N–H and O–H groups in total. The Hall–Kier alpha value is -1.09. The Kier molecular flexibility index (Phi) is 8.15. The molecule has 150 valence electrons. The van der Waals surface area contributed by atoms with E-state index in [0.717, 1.165) is 38.3 Å². The summed E-state index contributed by atoms with van der Waals surface area (Å²) >= 11 is 6.17. The van der Waals surface area contributed by atoms with Crippen molar-refractivity contribution in [2.24, 2.45) is 10.9 Å². The second-order valence-electron chi connectivity index (χ2n) is 6.79. The Morgan fingerprint density at radius 3 is 2.70 bits per heavy atom. The number of halogens is 3. The molecule has 1 aromatic rings. The molecule has 0 radical (unpaired) electrons. The molecule has 1 saturated carbocycles. The molecule has 2 fully saturated rings. The fourth-order valence-electron chi connectivity index (χ4n) is 3.59. The van der Waals surface area contributed by atoms with E-state index in [1.54, 1.807) is 19.2 Å².